The number of ether oxygens (including phenoxy) is 3. The van der Waals surface area contributed by atoms with Crippen LogP contribution < -0.4 is 4.74 Å². The summed E-state index contributed by atoms with van der Waals surface area (Å²) in [5.74, 6) is -0.265. The zero-order valence-electron chi connectivity index (χ0n) is 31.1. The molecule has 0 aromatic heterocycles. The third-order valence-electron chi connectivity index (χ3n) is 9.60. The summed E-state index contributed by atoms with van der Waals surface area (Å²) in [7, 11) is -2.59. The second-order valence-electron chi connectivity index (χ2n) is 14.8. The first kappa shape index (κ1) is 40.8. The molecular weight excluding hydrogens is 689 g/mol. The first-order valence-electron chi connectivity index (χ1n) is 18.2. The Balaban J connectivity index is 1.24. The lowest BCUT2D eigenvalue weighted by molar-refractivity contribution is -0.141. The molecule has 0 spiro atoms. The standard InChI is InChI=1S/C39H54N2O10S/c1-28-8-15-34(16-9-28)52(46,47)50-24-23-49-33-13-11-30(12-14-33)32(26-37(44)48-5)25-35(42)31-7-6-20-41(27-31)36(43)17-10-29-18-21-40(22-19-29)38(45)51-39(2,3)4/h8-9,11-16,29,31-32H,6-7,10,17-27H2,1-5H3/t31-,32+/m1/s1. The largest absolute Gasteiger partial charge is 0.491 e. The average molecular weight is 743 g/mol. The van der Waals surface area contributed by atoms with Gasteiger partial charge in [0.05, 0.1) is 18.4 Å². The molecule has 4 rings (SSSR count). The van der Waals surface area contributed by atoms with Crippen LogP contribution in [0.4, 0.5) is 4.79 Å². The third kappa shape index (κ3) is 12.6. The molecule has 2 aliphatic rings. The van der Waals surface area contributed by atoms with E-state index in [1.54, 1.807) is 46.2 Å². The summed E-state index contributed by atoms with van der Waals surface area (Å²) in [6.07, 6.45) is 4.09. The fraction of sp³-hybridized carbons (Fsp3) is 0.590. The van der Waals surface area contributed by atoms with Gasteiger partial charge in [-0.1, -0.05) is 29.8 Å². The number of nitrogens with zero attached hydrogens (tertiary/aromatic N) is 2. The summed E-state index contributed by atoms with van der Waals surface area (Å²) in [5.41, 5.74) is 1.18. The molecule has 2 aromatic rings. The van der Waals surface area contributed by atoms with Crippen LogP contribution in [0.25, 0.3) is 0 Å². The highest BCUT2D eigenvalue weighted by molar-refractivity contribution is 7.86. The average Bonchev–Trinajstić information content (AvgIpc) is 3.12. The number of esters is 1. The normalized spacial score (nSPS) is 17.7. The number of aryl methyl sites for hydroxylation is 1. The van der Waals surface area contributed by atoms with Gasteiger partial charge in [0.15, 0.2) is 0 Å². The highest BCUT2D eigenvalue weighted by Crippen LogP contribution is 2.31. The van der Waals surface area contributed by atoms with Crippen molar-refractivity contribution in [3.63, 3.8) is 0 Å². The Bertz CT molecular complexity index is 1610. The molecule has 2 atom stereocenters. The minimum Gasteiger partial charge on any atom is -0.491 e. The molecule has 2 aliphatic heterocycles. The van der Waals surface area contributed by atoms with E-state index in [-0.39, 0.29) is 54.7 Å². The number of benzene rings is 2. The van der Waals surface area contributed by atoms with Gasteiger partial charge in [-0.25, -0.2) is 4.79 Å². The number of rotatable bonds is 15. The number of carbonyl (C=O) groups excluding carboxylic acids is 4. The number of hydrogen-bond donors (Lipinski definition) is 0. The lowest BCUT2D eigenvalue weighted by Gasteiger charge is -2.35. The van der Waals surface area contributed by atoms with Gasteiger partial charge in [0.25, 0.3) is 10.1 Å². The van der Waals surface area contributed by atoms with E-state index < -0.39 is 27.6 Å². The van der Waals surface area contributed by atoms with Gasteiger partial charge in [-0.3, -0.25) is 18.6 Å². The number of methoxy groups -OCH3 is 1. The minimum atomic E-state index is -3.90. The van der Waals surface area contributed by atoms with Crippen LogP contribution in [0.15, 0.2) is 53.4 Å². The van der Waals surface area contributed by atoms with Crippen LogP contribution in [0.5, 0.6) is 5.75 Å². The molecule has 2 heterocycles. The number of piperidine rings is 2. The Kier molecular flexibility index (Phi) is 14.7. The summed E-state index contributed by atoms with van der Waals surface area (Å²) < 4.78 is 46.0. The second-order valence-corrected chi connectivity index (χ2v) is 16.4. The number of amides is 2. The summed E-state index contributed by atoms with van der Waals surface area (Å²) in [6.45, 7) is 9.48. The maximum Gasteiger partial charge on any atom is 0.410 e. The summed E-state index contributed by atoms with van der Waals surface area (Å²) >= 11 is 0. The van der Waals surface area contributed by atoms with Crippen molar-refractivity contribution in [1.29, 1.82) is 0 Å². The monoisotopic (exact) mass is 742 g/mol. The van der Waals surface area contributed by atoms with Gasteiger partial charge in [0.1, 0.15) is 30.3 Å². The molecule has 286 valence electrons. The first-order chi connectivity index (χ1) is 24.6. The van der Waals surface area contributed by atoms with Crippen LogP contribution >= 0.6 is 0 Å². The van der Waals surface area contributed by atoms with E-state index >= 15 is 0 Å². The summed E-state index contributed by atoms with van der Waals surface area (Å²) in [4.78, 5) is 55.2. The molecule has 0 saturated carbocycles. The van der Waals surface area contributed by atoms with Crippen LogP contribution in [0.1, 0.15) is 89.2 Å². The summed E-state index contributed by atoms with van der Waals surface area (Å²) in [5, 5.41) is 0. The molecule has 2 amide bonds. The van der Waals surface area contributed by atoms with Crippen LogP contribution in [-0.4, -0.2) is 94.1 Å². The minimum absolute atomic E-state index is 0.00122. The summed E-state index contributed by atoms with van der Waals surface area (Å²) in [6, 6.07) is 13.4. The Morgan fingerprint density at radius 2 is 1.54 bits per heavy atom. The van der Waals surface area contributed by atoms with Gasteiger partial charge in [-0.15, -0.1) is 0 Å². The number of ketones is 1. The molecule has 2 aromatic carbocycles. The Hall–Kier alpha value is -3.97. The van der Waals surface area contributed by atoms with Gasteiger partial charge in [-0.05, 0) is 95.5 Å². The van der Waals surface area contributed by atoms with Crippen LogP contribution in [0.2, 0.25) is 0 Å². The van der Waals surface area contributed by atoms with Crippen molar-refractivity contribution in [1.82, 2.24) is 9.80 Å². The van der Waals surface area contributed by atoms with Crippen molar-refractivity contribution in [2.24, 2.45) is 11.8 Å². The molecule has 13 heteroatoms. The molecule has 0 aliphatic carbocycles. The number of carbonyl (C=O) groups is 4. The molecule has 0 N–H and O–H groups in total. The molecule has 0 unspecified atom stereocenters. The fourth-order valence-electron chi connectivity index (χ4n) is 6.60. The van der Waals surface area contributed by atoms with Crippen molar-refractivity contribution < 1.29 is 46.0 Å². The number of Topliss-reactive ketones (excluding diaryl/α,β-unsaturated/α-hetero) is 1. The van der Waals surface area contributed by atoms with Gasteiger partial charge >= 0.3 is 12.1 Å². The van der Waals surface area contributed by atoms with Gasteiger partial charge in [0, 0.05) is 50.9 Å². The van der Waals surface area contributed by atoms with E-state index in [2.05, 4.69) is 0 Å². The van der Waals surface area contributed by atoms with Crippen LogP contribution in [-0.2, 0) is 38.2 Å². The van der Waals surface area contributed by atoms with Crippen molar-refractivity contribution in [2.45, 2.75) is 95.5 Å². The van der Waals surface area contributed by atoms with E-state index in [4.69, 9.17) is 18.4 Å². The molecule has 52 heavy (non-hydrogen) atoms. The smallest absolute Gasteiger partial charge is 0.410 e. The maximum absolute atomic E-state index is 13.6. The third-order valence-corrected chi connectivity index (χ3v) is 10.9. The zero-order chi connectivity index (χ0) is 37.9. The molecular formula is C39H54N2O10S. The van der Waals surface area contributed by atoms with Crippen molar-refractivity contribution >= 4 is 33.9 Å². The zero-order valence-corrected chi connectivity index (χ0v) is 32.0. The molecule has 2 saturated heterocycles. The predicted octanol–water partition coefficient (Wildman–Crippen LogP) is 6.05. The van der Waals surface area contributed by atoms with E-state index in [0.717, 1.165) is 36.8 Å². The quantitative estimate of drug-likeness (QED) is 0.120. The number of hydrogen-bond acceptors (Lipinski definition) is 10. The van der Waals surface area contributed by atoms with Crippen molar-refractivity contribution in [3.05, 3.63) is 59.7 Å². The van der Waals surface area contributed by atoms with Crippen LogP contribution in [0.3, 0.4) is 0 Å². The van der Waals surface area contributed by atoms with E-state index in [1.165, 1.54) is 19.2 Å². The predicted molar refractivity (Wildman–Crippen MR) is 194 cm³/mol. The lowest BCUT2D eigenvalue weighted by atomic mass is 9.84. The van der Waals surface area contributed by atoms with E-state index in [9.17, 15) is 27.6 Å². The van der Waals surface area contributed by atoms with Gasteiger partial charge in [0.2, 0.25) is 5.91 Å². The molecule has 0 radical (unpaired) electrons. The van der Waals surface area contributed by atoms with Gasteiger partial charge in [-0.2, -0.15) is 8.42 Å². The van der Waals surface area contributed by atoms with Crippen molar-refractivity contribution in [3.8, 4) is 5.75 Å². The molecule has 0 bridgehead atoms. The second kappa shape index (κ2) is 18.7. The number of likely N-dealkylation sites (tertiary alicyclic amines) is 2. The lowest BCUT2D eigenvalue weighted by Crippen LogP contribution is -2.43. The Labute approximate surface area is 308 Å². The molecule has 2 fully saturated rings. The van der Waals surface area contributed by atoms with Crippen LogP contribution in [0, 0.1) is 18.8 Å². The Morgan fingerprint density at radius 3 is 2.17 bits per heavy atom. The topological polar surface area (TPSA) is 146 Å². The SMILES string of the molecule is COC(=O)C[C@H](CC(=O)[C@@H]1CCCN(C(=O)CCC2CCN(C(=O)OC(C)(C)C)CC2)C1)c1ccc(OCCOS(=O)(=O)c2ccc(C)cc2)cc1. The van der Waals surface area contributed by atoms with E-state index in [1.807, 2.05) is 27.7 Å². The van der Waals surface area contributed by atoms with Gasteiger partial charge < -0.3 is 24.0 Å². The van der Waals surface area contributed by atoms with Crippen molar-refractivity contribution in [2.75, 3.05) is 46.5 Å². The Morgan fingerprint density at radius 1 is 0.865 bits per heavy atom. The first-order valence-corrected chi connectivity index (χ1v) is 19.6. The fourth-order valence-corrected chi connectivity index (χ4v) is 7.49. The molecule has 12 nitrogen and oxygen atoms in total. The highest BCUT2D eigenvalue weighted by Gasteiger charge is 2.32. The highest BCUT2D eigenvalue weighted by atomic mass is 32.2. The van der Waals surface area contributed by atoms with E-state index in [0.29, 0.717) is 50.7 Å². The maximum atomic E-state index is 13.6.